The van der Waals surface area contributed by atoms with E-state index in [9.17, 15) is 14.4 Å². The molecule has 1 fully saturated rings. The lowest BCUT2D eigenvalue weighted by atomic mass is 9.85. The third-order valence-corrected chi connectivity index (χ3v) is 5.67. The van der Waals surface area contributed by atoms with E-state index in [-0.39, 0.29) is 11.6 Å². The van der Waals surface area contributed by atoms with E-state index in [0.717, 1.165) is 11.1 Å². The molecule has 3 aromatic rings. The molecule has 2 atom stereocenters. The molecule has 2 unspecified atom stereocenters. The number of hydrogen-bond acceptors (Lipinski definition) is 5. The van der Waals surface area contributed by atoms with Crippen molar-refractivity contribution in [3.63, 3.8) is 0 Å². The van der Waals surface area contributed by atoms with Crippen LogP contribution in [0.1, 0.15) is 52.9 Å². The highest BCUT2D eigenvalue weighted by Crippen LogP contribution is 2.40. The molecule has 0 N–H and O–H groups in total. The number of rotatable bonds is 5. The molecule has 6 heteroatoms. The molecule has 1 aliphatic rings. The van der Waals surface area contributed by atoms with Gasteiger partial charge in [0.05, 0.1) is 12.2 Å². The predicted octanol–water partition coefficient (Wildman–Crippen LogP) is 4.06. The van der Waals surface area contributed by atoms with Crippen LogP contribution in [0.2, 0.25) is 0 Å². The largest absolute Gasteiger partial charge is 0.297 e. The fourth-order valence-electron chi connectivity index (χ4n) is 3.91. The van der Waals surface area contributed by atoms with Crippen molar-refractivity contribution in [3.05, 3.63) is 89.4 Å². The van der Waals surface area contributed by atoms with Crippen molar-refractivity contribution >= 4 is 23.3 Å². The highest BCUT2D eigenvalue weighted by atomic mass is 16.2. The summed E-state index contributed by atoms with van der Waals surface area (Å²) in [5.74, 6) is -2.41. The molecule has 0 saturated carbocycles. The number of aryl methyl sites for hydroxylation is 1. The van der Waals surface area contributed by atoms with Gasteiger partial charge in [-0.2, -0.15) is 0 Å². The van der Waals surface area contributed by atoms with Gasteiger partial charge in [0.1, 0.15) is 5.92 Å². The summed E-state index contributed by atoms with van der Waals surface area (Å²) < 4.78 is 0. The molecule has 2 heterocycles. The lowest BCUT2D eigenvalue weighted by molar-refractivity contribution is -0.135. The van der Waals surface area contributed by atoms with Gasteiger partial charge in [-0.25, -0.2) is 4.98 Å². The van der Waals surface area contributed by atoms with Crippen LogP contribution < -0.4 is 4.90 Å². The molecule has 1 aromatic heterocycles. The first-order chi connectivity index (χ1) is 14.9. The van der Waals surface area contributed by atoms with Crippen LogP contribution in [-0.4, -0.2) is 27.4 Å². The molecule has 156 valence electrons. The second kappa shape index (κ2) is 8.22. The Morgan fingerprint density at radius 2 is 1.65 bits per heavy atom. The standard InChI is InChI=1S/C25H23N3O3/c1-15(2)17-8-10-18(11-9-17)22-21(23(29)19-6-4-16(3)5-7-19)24(30)25(31)28(22)20-14-26-12-13-27-20/h4-15,21-22H,1-3H3. The predicted molar refractivity (Wildman–Crippen MR) is 117 cm³/mol. The van der Waals surface area contributed by atoms with Crippen molar-refractivity contribution in [2.24, 2.45) is 5.92 Å². The Morgan fingerprint density at radius 3 is 2.23 bits per heavy atom. The van der Waals surface area contributed by atoms with Crippen LogP contribution in [0.25, 0.3) is 0 Å². The van der Waals surface area contributed by atoms with E-state index in [2.05, 4.69) is 23.8 Å². The van der Waals surface area contributed by atoms with Crippen LogP contribution in [-0.2, 0) is 9.59 Å². The average molecular weight is 413 g/mol. The van der Waals surface area contributed by atoms with Crippen LogP contribution >= 0.6 is 0 Å². The van der Waals surface area contributed by atoms with Gasteiger partial charge in [-0.15, -0.1) is 0 Å². The van der Waals surface area contributed by atoms with Crippen molar-refractivity contribution in [1.82, 2.24) is 9.97 Å². The van der Waals surface area contributed by atoms with Crippen LogP contribution in [0.15, 0.2) is 67.1 Å². The number of anilines is 1. The Bertz CT molecular complexity index is 1120. The Kier molecular flexibility index (Phi) is 5.46. The zero-order chi connectivity index (χ0) is 22.1. The van der Waals surface area contributed by atoms with Gasteiger partial charge < -0.3 is 0 Å². The average Bonchev–Trinajstić information content (AvgIpc) is 3.05. The lowest BCUT2D eigenvalue weighted by Gasteiger charge is -2.26. The maximum atomic E-state index is 13.4. The topological polar surface area (TPSA) is 80.2 Å². The fourth-order valence-corrected chi connectivity index (χ4v) is 3.91. The number of carbonyl (C=O) groups is 3. The zero-order valence-corrected chi connectivity index (χ0v) is 17.6. The van der Waals surface area contributed by atoms with E-state index < -0.39 is 23.7 Å². The first kappa shape index (κ1) is 20.6. The molecular formula is C25H23N3O3. The summed E-state index contributed by atoms with van der Waals surface area (Å²) >= 11 is 0. The monoisotopic (exact) mass is 413 g/mol. The minimum Gasteiger partial charge on any atom is -0.293 e. The highest BCUT2D eigenvalue weighted by Gasteiger charge is 2.52. The van der Waals surface area contributed by atoms with Crippen LogP contribution in [0.5, 0.6) is 0 Å². The molecule has 0 radical (unpaired) electrons. The number of aromatic nitrogens is 2. The van der Waals surface area contributed by atoms with Gasteiger partial charge in [-0.3, -0.25) is 24.3 Å². The molecule has 1 saturated heterocycles. The molecule has 31 heavy (non-hydrogen) atoms. The van der Waals surface area contributed by atoms with Gasteiger partial charge in [0.25, 0.3) is 5.91 Å². The smallest absolute Gasteiger partial charge is 0.293 e. The maximum Gasteiger partial charge on any atom is 0.297 e. The quantitative estimate of drug-likeness (QED) is 0.358. The molecule has 0 aliphatic carbocycles. The van der Waals surface area contributed by atoms with Crippen molar-refractivity contribution in [2.45, 2.75) is 32.7 Å². The van der Waals surface area contributed by atoms with Crippen molar-refractivity contribution in [1.29, 1.82) is 0 Å². The van der Waals surface area contributed by atoms with Crippen molar-refractivity contribution in [3.8, 4) is 0 Å². The normalized spacial score (nSPS) is 18.6. The van der Waals surface area contributed by atoms with Crippen LogP contribution in [0.4, 0.5) is 5.82 Å². The summed E-state index contributed by atoms with van der Waals surface area (Å²) in [4.78, 5) is 49.1. The number of nitrogens with zero attached hydrogens (tertiary/aromatic N) is 3. The van der Waals surface area contributed by atoms with E-state index in [1.165, 1.54) is 23.5 Å². The summed E-state index contributed by atoms with van der Waals surface area (Å²) in [5, 5.41) is 0. The molecular weight excluding hydrogens is 390 g/mol. The molecule has 4 rings (SSSR count). The zero-order valence-electron chi connectivity index (χ0n) is 17.6. The summed E-state index contributed by atoms with van der Waals surface area (Å²) in [5.41, 5.74) is 3.25. The number of ketones is 2. The number of Topliss-reactive ketones (excluding diaryl/α,β-unsaturated/α-hetero) is 2. The van der Waals surface area contributed by atoms with E-state index in [1.54, 1.807) is 12.1 Å². The number of amides is 1. The minimum absolute atomic E-state index is 0.248. The summed E-state index contributed by atoms with van der Waals surface area (Å²) in [6.45, 7) is 6.10. The fraction of sp³-hybridized carbons (Fsp3) is 0.240. The molecule has 1 amide bonds. The van der Waals surface area contributed by atoms with Gasteiger partial charge in [0, 0.05) is 18.0 Å². The van der Waals surface area contributed by atoms with Gasteiger partial charge in [0.15, 0.2) is 11.6 Å². The maximum absolute atomic E-state index is 13.4. The van der Waals surface area contributed by atoms with E-state index >= 15 is 0 Å². The molecule has 0 spiro atoms. The first-order valence-corrected chi connectivity index (χ1v) is 10.2. The van der Waals surface area contributed by atoms with Crippen LogP contribution in [0.3, 0.4) is 0 Å². The Morgan fingerprint density at radius 1 is 0.968 bits per heavy atom. The van der Waals surface area contributed by atoms with Gasteiger partial charge in [-0.1, -0.05) is 67.9 Å². The minimum atomic E-state index is -1.15. The third-order valence-electron chi connectivity index (χ3n) is 5.67. The Labute approximate surface area is 181 Å². The first-order valence-electron chi connectivity index (χ1n) is 10.2. The van der Waals surface area contributed by atoms with E-state index in [1.807, 2.05) is 43.3 Å². The Hall–Kier alpha value is -3.67. The van der Waals surface area contributed by atoms with Gasteiger partial charge in [-0.05, 0) is 24.0 Å². The molecule has 1 aliphatic heterocycles. The second-order valence-corrected chi connectivity index (χ2v) is 8.08. The number of hydrogen-bond donors (Lipinski definition) is 0. The number of carbonyl (C=O) groups excluding carboxylic acids is 3. The van der Waals surface area contributed by atoms with Crippen molar-refractivity contribution in [2.75, 3.05) is 4.90 Å². The third kappa shape index (κ3) is 3.77. The lowest BCUT2D eigenvalue weighted by Crippen LogP contribution is -2.31. The summed E-state index contributed by atoms with van der Waals surface area (Å²) in [6.07, 6.45) is 4.38. The molecule has 2 aromatic carbocycles. The SMILES string of the molecule is Cc1ccc(C(=O)C2C(=O)C(=O)N(c3cnccn3)C2c2ccc(C(C)C)cc2)cc1. The van der Waals surface area contributed by atoms with E-state index in [4.69, 9.17) is 0 Å². The highest BCUT2D eigenvalue weighted by molar-refractivity contribution is 6.48. The number of benzene rings is 2. The summed E-state index contributed by atoms with van der Waals surface area (Å²) in [7, 11) is 0. The molecule has 6 nitrogen and oxygen atoms in total. The van der Waals surface area contributed by atoms with Crippen LogP contribution in [0, 0.1) is 12.8 Å². The second-order valence-electron chi connectivity index (χ2n) is 8.08. The molecule has 0 bridgehead atoms. The van der Waals surface area contributed by atoms with Gasteiger partial charge in [0.2, 0.25) is 5.78 Å². The van der Waals surface area contributed by atoms with E-state index in [0.29, 0.717) is 17.0 Å². The van der Waals surface area contributed by atoms with Crippen molar-refractivity contribution < 1.29 is 14.4 Å². The Balaban J connectivity index is 1.83. The summed E-state index contributed by atoms with van der Waals surface area (Å²) in [6, 6.07) is 13.9. The van der Waals surface area contributed by atoms with Gasteiger partial charge >= 0.3 is 0 Å².